The zero-order valence-electron chi connectivity index (χ0n) is 18.8. The Bertz CT molecular complexity index is 1010. The second-order valence-electron chi connectivity index (χ2n) is 7.95. The summed E-state index contributed by atoms with van der Waals surface area (Å²) in [5, 5.41) is 2.90. The van der Waals surface area contributed by atoms with E-state index in [1.807, 2.05) is 37.3 Å². The summed E-state index contributed by atoms with van der Waals surface area (Å²) in [4.78, 5) is 27.7. The van der Waals surface area contributed by atoms with Gasteiger partial charge in [-0.3, -0.25) is 9.59 Å². The average Bonchev–Trinajstić information content (AvgIpc) is 3.36. The van der Waals surface area contributed by atoms with Crippen molar-refractivity contribution in [2.24, 2.45) is 0 Å². The van der Waals surface area contributed by atoms with Crippen LogP contribution in [0.15, 0.2) is 65.6 Å². The Morgan fingerprint density at radius 2 is 1.76 bits per heavy atom. The number of hydrogen-bond donors (Lipinski definition) is 2. The Morgan fingerprint density at radius 3 is 2.36 bits per heavy atom. The van der Waals surface area contributed by atoms with E-state index in [0.717, 1.165) is 18.4 Å². The second kappa shape index (κ2) is 11.9. The SMILES string of the molecule is CC[C@H](C(=O)NC[C@@H]1CCCO1)N(Cc1ccccc1)C(=O)CNS(=O)(=O)c1ccccc1. The van der Waals surface area contributed by atoms with Crippen LogP contribution in [0.4, 0.5) is 0 Å². The number of hydrogen-bond acceptors (Lipinski definition) is 5. The lowest BCUT2D eigenvalue weighted by atomic mass is 10.1. The highest BCUT2D eigenvalue weighted by atomic mass is 32.2. The monoisotopic (exact) mass is 473 g/mol. The first kappa shape index (κ1) is 24.9. The molecule has 0 unspecified atom stereocenters. The molecule has 0 aromatic heterocycles. The van der Waals surface area contributed by atoms with E-state index >= 15 is 0 Å². The third-order valence-corrected chi connectivity index (χ3v) is 6.99. The fourth-order valence-electron chi connectivity index (χ4n) is 3.78. The smallest absolute Gasteiger partial charge is 0.242 e. The molecule has 1 saturated heterocycles. The molecule has 1 aliphatic heterocycles. The molecule has 178 valence electrons. The van der Waals surface area contributed by atoms with E-state index in [1.165, 1.54) is 17.0 Å². The molecule has 2 amide bonds. The van der Waals surface area contributed by atoms with E-state index in [4.69, 9.17) is 4.74 Å². The first-order valence-electron chi connectivity index (χ1n) is 11.2. The number of sulfonamides is 1. The largest absolute Gasteiger partial charge is 0.376 e. The Morgan fingerprint density at radius 1 is 1.09 bits per heavy atom. The van der Waals surface area contributed by atoms with Gasteiger partial charge in [0, 0.05) is 19.7 Å². The second-order valence-corrected chi connectivity index (χ2v) is 9.72. The van der Waals surface area contributed by atoms with Crippen molar-refractivity contribution in [2.75, 3.05) is 19.7 Å². The molecule has 8 nitrogen and oxygen atoms in total. The van der Waals surface area contributed by atoms with Crippen LogP contribution in [0.3, 0.4) is 0 Å². The van der Waals surface area contributed by atoms with Gasteiger partial charge in [-0.15, -0.1) is 0 Å². The van der Waals surface area contributed by atoms with Crippen LogP contribution < -0.4 is 10.0 Å². The van der Waals surface area contributed by atoms with Crippen LogP contribution in [-0.2, 0) is 30.9 Å². The highest BCUT2D eigenvalue weighted by Gasteiger charge is 2.30. The number of amides is 2. The molecular weight excluding hydrogens is 442 g/mol. The van der Waals surface area contributed by atoms with E-state index in [1.54, 1.807) is 18.2 Å². The maximum atomic E-state index is 13.2. The summed E-state index contributed by atoms with van der Waals surface area (Å²) in [6, 6.07) is 16.4. The molecular formula is C24H31N3O5S. The molecule has 9 heteroatoms. The molecule has 0 saturated carbocycles. The number of rotatable bonds is 11. The van der Waals surface area contributed by atoms with Gasteiger partial charge in [0.25, 0.3) is 0 Å². The summed E-state index contributed by atoms with van der Waals surface area (Å²) in [7, 11) is -3.85. The molecule has 3 rings (SSSR count). The summed E-state index contributed by atoms with van der Waals surface area (Å²) in [6.45, 7) is 2.66. The molecule has 1 heterocycles. The predicted molar refractivity (Wildman–Crippen MR) is 125 cm³/mol. The van der Waals surface area contributed by atoms with Crippen LogP contribution in [-0.4, -0.2) is 57.0 Å². The highest BCUT2D eigenvalue weighted by molar-refractivity contribution is 7.89. The third kappa shape index (κ3) is 7.12. The first-order valence-corrected chi connectivity index (χ1v) is 12.7. The predicted octanol–water partition coefficient (Wildman–Crippen LogP) is 2.07. The van der Waals surface area contributed by atoms with Crippen LogP contribution in [0.1, 0.15) is 31.7 Å². The molecule has 2 N–H and O–H groups in total. The molecule has 2 atom stereocenters. The lowest BCUT2D eigenvalue weighted by molar-refractivity contribution is -0.140. The van der Waals surface area contributed by atoms with Crippen LogP contribution in [0.2, 0.25) is 0 Å². The van der Waals surface area contributed by atoms with Crippen LogP contribution in [0, 0.1) is 0 Å². The van der Waals surface area contributed by atoms with Gasteiger partial charge in [-0.25, -0.2) is 13.1 Å². The molecule has 33 heavy (non-hydrogen) atoms. The van der Waals surface area contributed by atoms with Gasteiger partial charge in [0.2, 0.25) is 21.8 Å². The molecule has 1 aliphatic rings. The molecule has 2 aromatic carbocycles. The number of nitrogens with zero attached hydrogens (tertiary/aromatic N) is 1. The summed E-state index contributed by atoms with van der Waals surface area (Å²) in [5.74, 6) is -0.749. The van der Waals surface area contributed by atoms with Crippen molar-refractivity contribution in [1.29, 1.82) is 0 Å². The Kier molecular flexibility index (Phi) is 8.99. The van der Waals surface area contributed by atoms with Gasteiger partial charge in [-0.2, -0.15) is 0 Å². The topological polar surface area (TPSA) is 105 Å². The molecule has 0 spiro atoms. The van der Waals surface area contributed by atoms with E-state index in [0.29, 0.717) is 19.6 Å². The van der Waals surface area contributed by atoms with Gasteiger partial charge in [-0.1, -0.05) is 55.5 Å². The molecule has 2 aromatic rings. The number of nitrogens with one attached hydrogen (secondary N) is 2. The van der Waals surface area contributed by atoms with Gasteiger partial charge in [0.05, 0.1) is 17.5 Å². The average molecular weight is 474 g/mol. The Labute approximate surface area is 195 Å². The minimum atomic E-state index is -3.85. The van der Waals surface area contributed by atoms with E-state index in [-0.39, 0.29) is 23.5 Å². The van der Waals surface area contributed by atoms with Crippen molar-refractivity contribution in [3.63, 3.8) is 0 Å². The van der Waals surface area contributed by atoms with Crippen LogP contribution in [0.5, 0.6) is 0 Å². The zero-order chi connectivity index (χ0) is 23.7. The van der Waals surface area contributed by atoms with Gasteiger partial charge < -0.3 is 15.0 Å². The van der Waals surface area contributed by atoms with Crippen molar-refractivity contribution < 1.29 is 22.7 Å². The molecule has 0 aliphatic carbocycles. The minimum Gasteiger partial charge on any atom is -0.376 e. The summed E-state index contributed by atoms with van der Waals surface area (Å²) in [5.41, 5.74) is 0.849. The summed E-state index contributed by atoms with van der Waals surface area (Å²) < 4.78 is 33.1. The fourth-order valence-corrected chi connectivity index (χ4v) is 4.77. The first-order chi connectivity index (χ1) is 15.9. The number of ether oxygens (including phenoxy) is 1. The highest BCUT2D eigenvalue weighted by Crippen LogP contribution is 2.14. The normalized spacial score (nSPS) is 16.8. The van der Waals surface area contributed by atoms with E-state index in [2.05, 4.69) is 10.0 Å². The van der Waals surface area contributed by atoms with Crippen molar-refractivity contribution in [3.8, 4) is 0 Å². The van der Waals surface area contributed by atoms with Gasteiger partial charge in [0.15, 0.2) is 0 Å². The molecule has 1 fully saturated rings. The van der Waals surface area contributed by atoms with Gasteiger partial charge in [0.1, 0.15) is 6.04 Å². The summed E-state index contributed by atoms with van der Waals surface area (Å²) >= 11 is 0. The van der Waals surface area contributed by atoms with Gasteiger partial charge >= 0.3 is 0 Å². The van der Waals surface area contributed by atoms with Crippen molar-refractivity contribution in [3.05, 3.63) is 66.2 Å². The van der Waals surface area contributed by atoms with Crippen LogP contribution in [0.25, 0.3) is 0 Å². The van der Waals surface area contributed by atoms with Crippen LogP contribution >= 0.6 is 0 Å². The van der Waals surface area contributed by atoms with E-state index in [9.17, 15) is 18.0 Å². The molecule has 0 bridgehead atoms. The van der Waals surface area contributed by atoms with Crippen molar-refractivity contribution >= 4 is 21.8 Å². The number of benzene rings is 2. The minimum absolute atomic E-state index is 0.0117. The maximum absolute atomic E-state index is 13.2. The van der Waals surface area contributed by atoms with Gasteiger partial charge in [-0.05, 0) is 37.0 Å². The zero-order valence-corrected chi connectivity index (χ0v) is 19.6. The van der Waals surface area contributed by atoms with E-state index < -0.39 is 28.5 Å². The summed E-state index contributed by atoms with van der Waals surface area (Å²) in [6.07, 6.45) is 2.24. The lowest BCUT2D eigenvalue weighted by Gasteiger charge is -2.31. The lowest BCUT2D eigenvalue weighted by Crippen LogP contribution is -2.52. The Hall–Kier alpha value is -2.75. The third-order valence-electron chi connectivity index (χ3n) is 5.58. The van der Waals surface area contributed by atoms with Crippen molar-refractivity contribution in [1.82, 2.24) is 14.9 Å². The quantitative estimate of drug-likeness (QED) is 0.520. The number of carbonyl (C=O) groups is 2. The standard InChI is InChI=1S/C24H31N3O5S/c1-2-22(24(29)25-16-20-12-9-15-32-20)27(18-19-10-5-3-6-11-19)23(28)17-26-33(30,31)21-13-7-4-8-14-21/h3-8,10-11,13-14,20,22,26H,2,9,12,15-18H2,1H3,(H,25,29)/t20-,22+/m0/s1. The fraction of sp³-hybridized carbons (Fsp3) is 0.417. The maximum Gasteiger partial charge on any atom is 0.242 e. The Balaban J connectivity index is 1.72. The number of carbonyl (C=O) groups excluding carboxylic acids is 2. The molecule has 0 radical (unpaired) electrons. The van der Waals surface area contributed by atoms with Crippen molar-refractivity contribution in [2.45, 2.75) is 49.8 Å².